The Bertz CT molecular complexity index is 394. The summed E-state index contributed by atoms with van der Waals surface area (Å²) in [4.78, 5) is 1.27. The Morgan fingerprint density at radius 2 is 1.89 bits per heavy atom. The largest absolute Gasteiger partial charge is 0.392 e. The van der Waals surface area contributed by atoms with Crippen molar-refractivity contribution in [2.24, 2.45) is 17.8 Å². The van der Waals surface area contributed by atoms with Gasteiger partial charge in [-0.2, -0.15) is 0 Å². The molecule has 2 heteroatoms. The zero-order chi connectivity index (χ0) is 13.8. The van der Waals surface area contributed by atoms with Gasteiger partial charge in [0.15, 0.2) is 0 Å². The van der Waals surface area contributed by atoms with Crippen molar-refractivity contribution in [2.75, 3.05) is 5.75 Å². The molecular formula is C17H26OS. The number of hydrogen-bond donors (Lipinski definition) is 1. The minimum absolute atomic E-state index is 0.157. The Kier molecular flexibility index (Phi) is 5.35. The monoisotopic (exact) mass is 278 g/mol. The summed E-state index contributed by atoms with van der Waals surface area (Å²) in [5.41, 5.74) is 1.29. The van der Waals surface area contributed by atoms with Crippen molar-refractivity contribution in [3.05, 3.63) is 29.8 Å². The third-order valence-corrected chi connectivity index (χ3v) is 5.26. The molecule has 1 aromatic carbocycles. The zero-order valence-corrected chi connectivity index (χ0v) is 13.1. The van der Waals surface area contributed by atoms with Crippen LogP contribution in [-0.2, 0) is 0 Å². The summed E-state index contributed by atoms with van der Waals surface area (Å²) in [6.07, 6.45) is 3.56. The van der Waals surface area contributed by atoms with Crippen LogP contribution >= 0.6 is 11.8 Å². The van der Waals surface area contributed by atoms with Gasteiger partial charge in [0, 0.05) is 10.6 Å². The van der Waals surface area contributed by atoms with Gasteiger partial charge in [0.05, 0.1) is 6.10 Å². The second-order valence-electron chi connectivity index (χ2n) is 6.37. The van der Waals surface area contributed by atoms with E-state index in [4.69, 9.17) is 0 Å². The molecule has 2 rings (SSSR count). The van der Waals surface area contributed by atoms with Crippen LogP contribution in [0.15, 0.2) is 29.2 Å². The van der Waals surface area contributed by atoms with Crippen LogP contribution in [-0.4, -0.2) is 17.0 Å². The highest BCUT2D eigenvalue weighted by Gasteiger charge is 2.28. The van der Waals surface area contributed by atoms with Crippen LogP contribution in [0, 0.1) is 24.7 Å². The zero-order valence-electron chi connectivity index (χ0n) is 12.3. The number of aliphatic hydroxyl groups excluding tert-OH is 1. The van der Waals surface area contributed by atoms with E-state index in [1.54, 1.807) is 11.8 Å². The average Bonchev–Trinajstić information content (AvgIpc) is 2.35. The first-order chi connectivity index (χ1) is 9.04. The lowest BCUT2D eigenvalue weighted by atomic mass is 9.75. The summed E-state index contributed by atoms with van der Waals surface area (Å²) in [5, 5.41) is 10.4. The predicted octanol–water partition coefficient (Wildman–Crippen LogP) is 4.52. The van der Waals surface area contributed by atoms with E-state index in [0.717, 1.165) is 17.6 Å². The third kappa shape index (κ3) is 4.54. The molecule has 3 atom stereocenters. The van der Waals surface area contributed by atoms with E-state index in [1.807, 2.05) is 0 Å². The standard InChI is InChI=1S/C17H26OS/c1-12-5-4-6-16(10-12)19-11-17(18)15-8-13(2)7-14(3)9-15/h4-6,10,13-15,17-18H,7-9,11H2,1-3H3. The molecule has 3 unspecified atom stereocenters. The maximum absolute atomic E-state index is 10.4. The Morgan fingerprint density at radius 1 is 1.21 bits per heavy atom. The van der Waals surface area contributed by atoms with Gasteiger partial charge in [-0.1, -0.05) is 31.5 Å². The van der Waals surface area contributed by atoms with Crippen LogP contribution in [0.4, 0.5) is 0 Å². The van der Waals surface area contributed by atoms with Gasteiger partial charge in [-0.15, -0.1) is 11.8 Å². The highest BCUT2D eigenvalue weighted by molar-refractivity contribution is 7.99. The first kappa shape index (κ1) is 14.9. The molecule has 1 N–H and O–H groups in total. The van der Waals surface area contributed by atoms with Crippen molar-refractivity contribution in [1.82, 2.24) is 0 Å². The first-order valence-corrected chi connectivity index (χ1v) is 8.40. The number of hydrogen-bond acceptors (Lipinski definition) is 2. The fraction of sp³-hybridized carbons (Fsp3) is 0.647. The highest BCUT2D eigenvalue weighted by Crippen LogP contribution is 2.36. The van der Waals surface area contributed by atoms with Crippen molar-refractivity contribution in [1.29, 1.82) is 0 Å². The molecule has 0 amide bonds. The highest BCUT2D eigenvalue weighted by atomic mass is 32.2. The van der Waals surface area contributed by atoms with Crippen LogP contribution in [0.1, 0.15) is 38.7 Å². The van der Waals surface area contributed by atoms with Crippen LogP contribution in [0.25, 0.3) is 0 Å². The molecule has 1 aromatic rings. The normalized spacial score (nSPS) is 29.2. The molecule has 19 heavy (non-hydrogen) atoms. The van der Waals surface area contributed by atoms with E-state index in [2.05, 4.69) is 45.0 Å². The van der Waals surface area contributed by atoms with Gasteiger partial charge >= 0.3 is 0 Å². The summed E-state index contributed by atoms with van der Waals surface area (Å²) in [6, 6.07) is 8.54. The number of thioether (sulfide) groups is 1. The van der Waals surface area contributed by atoms with Gasteiger partial charge in [-0.3, -0.25) is 0 Å². The lowest BCUT2D eigenvalue weighted by molar-refractivity contribution is 0.0723. The predicted molar refractivity (Wildman–Crippen MR) is 83.6 cm³/mol. The maximum Gasteiger partial charge on any atom is 0.0662 e. The summed E-state index contributed by atoms with van der Waals surface area (Å²) < 4.78 is 0. The lowest BCUT2D eigenvalue weighted by Crippen LogP contribution is -2.30. The molecule has 0 aliphatic heterocycles. The van der Waals surface area contributed by atoms with Crippen molar-refractivity contribution < 1.29 is 5.11 Å². The van der Waals surface area contributed by atoms with E-state index in [1.165, 1.54) is 29.7 Å². The van der Waals surface area contributed by atoms with Crippen molar-refractivity contribution >= 4 is 11.8 Å². The summed E-state index contributed by atoms with van der Waals surface area (Å²) in [7, 11) is 0. The summed E-state index contributed by atoms with van der Waals surface area (Å²) in [6.45, 7) is 6.76. The Morgan fingerprint density at radius 3 is 2.53 bits per heavy atom. The molecule has 1 aliphatic carbocycles. The smallest absolute Gasteiger partial charge is 0.0662 e. The number of benzene rings is 1. The topological polar surface area (TPSA) is 20.2 Å². The quantitative estimate of drug-likeness (QED) is 0.817. The summed E-state index contributed by atoms with van der Waals surface area (Å²) >= 11 is 1.79. The van der Waals surface area contributed by atoms with Gasteiger partial charge in [0.2, 0.25) is 0 Å². The van der Waals surface area contributed by atoms with E-state index < -0.39 is 0 Å². The Balaban J connectivity index is 1.85. The van der Waals surface area contributed by atoms with Crippen LogP contribution < -0.4 is 0 Å². The van der Waals surface area contributed by atoms with Crippen molar-refractivity contribution in [2.45, 2.75) is 51.0 Å². The molecule has 0 bridgehead atoms. The number of aryl methyl sites for hydroxylation is 1. The van der Waals surface area contributed by atoms with Crippen LogP contribution in [0.2, 0.25) is 0 Å². The maximum atomic E-state index is 10.4. The SMILES string of the molecule is Cc1cccc(SCC(O)C2CC(C)CC(C)C2)c1. The van der Waals surface area contributed by atoms with Crippen molar-refractivity contribution in [3.8, 4) is 0 Å². The molecule has 0 heterocycles. The van der Waals surface area contributed by atoms with Gasteiger partial charge in [0.25, 0.3) is 0 Å². The van der Waals surface area contributed by atoms with Crippen LogP contribution in [0.3, 0.4) is 0 Å². The minimum Gasteiger partial charge on any atom is -0.392 e. The molecule has 0 saturated heterocycles. The summed E-state index contributed by atoms with van der Waals surface area (Å²) in [5.74, 6) is 2.86. The molecule has 1 nitrogen and oxygen atoms in total. The number of aliphatic hydroxyl groups is 1. The second-order valence-corrected chi connectivity index (χ2v) is 7.47. The Hall–Kier alpha value is -0.470. The molecule has 0 radical (unpaired) electrons. The minimum atomic E-state index is -0.157. The fourth-order valence-corrected chi connectivity index (χ4v) is 4.43. The van der Waals surface area contributed by atoms with E-state index in [-0.39, 0.29) is 6.10 Å². The number of rotatable bonds is 4. The first-order valence-electron chi connectivity index (χ1n) is 7.42. The van der Waals surface area contributed by atoms with Crippen LogP contribution in [0.5, 0.6) is 0 Å². The van der Waals surface area contributed by atoms with Gasteiger partial charge in [0.1, 0.15) is 0 Å². The average molecular weight is 278 g/mol. The molecule has 0 aromatic heterocycles. The fourth-order valence-electron chi connectivity index (χ4n) is 3.35. The van der Waals surface area contributed by atoms with Gasteiger partial charge in [-0.05, 0) is 56.1 Å². The molecule has 0 spiro atoms. The van der Waals surface area contributed by atoms with Gasteiger partial charge in [-0.25, -0.2) is 0 Å². The Labute approximate surface area is 121 Å². The molecule has 106 valence electrons. The molecule has 1 fully saturated rings. The van der Waals surface area contributed by atoms with Crippen molar-refractivity contribution in [3.63, 3.8) is 0 Å². The van der Waals surface area contributed by atoms with E-state index in [0.29, 0.717) is 5.92 Å². The van der Waals surface area contributed by atoms with E-state index in [9.17, 15) is 5.11 Å². The second kappa shape index (κ2) is 6.81. The lowest BCUT2D eigenvalue weighted by Gasteiger charge is -2.34. The van der Waals surface area contributed by atoms with E-state index >= 15 is 0 Å². The molecule has 1 saturated carbocycles. The third-order valence-electron chi connectivity index (χ3n) is 4.17. The molecular weight excluding hydrogens is 252 g/mol. The van der Waals surface area contributed by atoms with Gasteiger partial charge < -0.3 is 5.11 Å². The molecule has 1 aliphatic rings.